The predicted octanol–water partition coefficient (Wildman–Crippen LogP) is 2.07. The third-order valence-electron chi connectivity index (χ3n) is 6.16. The van der Waals surface area contributed by atoms with Crippen molar-refractivity contribution in [1.82, 2.24) is 14.4 Å². The highest BCUT2D eigenvalue weighted by molar-refractivity contribution is 6.07. The van der Waals surface area contributed by atoms with Crippen LogP contribution in [0.5, 0.6) is 0 Å². The molecule has 9 heteroatoms. The molecule has 1 aliphatic rings. The number of ketones is 1. The van der Waals surface area contributed by atoms with Crippen LogP contribution >= 0.6 is 0 Å². The van der Waals surface area contributed by atoms with E-state index in [0.29, 0.717) is 48.8 Å². The summed E-state index contributed by atoms with van der Waals surface area (Å²) in [6.45, 7) is 9.08. The Morgan fingerprint density at radius 3 is 2.50 bits per heavy atom. The van der Waals surface area contributed by atoms with Gasteiger partial charge in [0.1, 0.15) is 5.69 Å². The van der Waals surface area contributed by atoms with Crippen molar-refractivity contribution in [2.75, 3.05) is 46.5 Å². The molecule has 1 saturated heterocycles. The molecule has 0 bridgehead atoms. The number of Topliss-reactive ketones (excluding diaryl/α,β-unsaturated/α-hetero) is 1. The second-order valence-electron chi connectivity index (χ2n) is 7.95. The first-order valence-electron chi connectivity index (χ1n) is 10.7. The Morgan fingerprint density at radius 2 is 1.91 bits per heavy atom. The molecule has 1 fully saturated rings. The van der Waals surface area contributed by atoms with Crippen molar-refractivity contribution < 1.29 is 28.3 Å². The van der Waals surface area contributed by atoms with Gasteiger partial charge in [0.25, 0.3) is 5.91 Å². The van der Waals surface area contributed by atoms with Gasteiger partial charge >= 0.3 is 5.97 Å². The van der Waals surface area contributed by atoms with Crippen molar-refractivity contribution in [2.45, 2.75) is 26.8 Å². The lowest BCUT2D eigenvalue weighted by atomic mass is 9.99. The Morgan fingerprint density at radius 1 is 1.22 bits per heavy atom. The zero-order valence-electron chi connectivity index (χ0n) is 19.3. The highest BCUT2D eigenvalue weighted by Crippen LogP contribution is 2.25. The lowest BCUT2D eigenvalue weighted by molar-refractivity contribution is 0.0292. The number of aromatic nitrogens is 1. The summed E-state index contributed by atoms with van der Waals surface area (Å²) in [5, 5.41) is 0. The third kappa shape index (κ3) is 4.63. The van der Waals surface area contributed by atoms with Crippen molar-refractivity contribution in [3.05, 3.63) is 46.7 Å². The normalized spacial score (nSPS) is 15.4. The molecule has 3 heterocycles. The maximum atomic E-state index is 13.6. The molecule has 1 amide bonds. The Hall–Kier alpha value is -2.91. The second-order valence-corrected chi connectivity index (χ2v) is 7.95. The molecule has 1 atom stereocenters. The number of nitrogens with zero attached hydrogens (tertiary/aromatic N) is 3. The van der Waals surface area contributed by atoms with Gasteiger partial charge in [0.15, 0.2) is 11.5 Å². The third-order valence-corrected chi connectivity index (χ3v) is 6.16. The number of hydrogen-bond acceptors (Lipinski definition) is 7. The monoisotopic (exact) mass is 445 g/mol. The first-order chi connectivity index (χ1) is 15.3. The van der Waals surface area contributed by atoms with E-state index in [4.69, 9.17) is 13.9 Å². The van der Waals surface area contributed by atoms with Crippen molar-refractivity contribution in [3.63, 3.8) is 0 Å². The molecule has 174 valence electrons. The van der Waals surface area contributed by atoms with Crippen LogP contribution in [0.2, 0.25) is 0 Å². The summed E-state index contributed by atoms with van der Waals surface area (Å²) < 4.78 is 17.3. The quantitative estimate of drug-likeness (QED) is 0.453. The van der Waals surface area contributed by atoms with Crippen molar-refractivity contribution in [3.8, 4) is 0 Å². The number of methoxy groups -OCH3 is 1. The summed E-state index contributed by atoms with van der Waals surface area (Å²) >= 11 is 0. The van der Waals surface area contributed by atoms with Crippen LogP contribution in [0.4, 0.5) is 0 Å². The fourth-order valence-corrected chi connectivity index (χ4v) is 4.16. The van der Waals surface area contributed by atoms with Gasteiger partial charge in [0, 0.05) is 44.5 Å². The SMILES string of the molecule is COC(=O)c1c(C)c(C(=O)C(C)N(CCN2CCOCC2)C(=O)c2ccco2)c(C)n1C. The number of rotatable bonds is 8. The minimum absolute atomic E-state index is 0.184. The summed E-state index contributed by atoms with van der Waals surface area (Å²) in [6, 6.07) is 2.49. The molecule has 1 aliphatic heterocycles. The van der Waals surface area contributed by atoms with E-state index < -0.39 is 12.0 Å². The van der Waals surface area contributed by atoms with Gasteiger partial charge in [-0.25, -0.2) is 4.79 Å². The number of furan rings is 1. The number of morpholine rings is 1. The van der Waals surface area contributed by atoms with E-state index in [0.717, 1.165) is 13.1 Å². The molecular formula is C23H31N3O6. The average molecular weight is 446 g/mol. The smallest absolute Gasteiger partial charge is 0.354 e. The first kappa shape index (κ1) is 23.7. The molecule has 0 radical (unpaired) electrons. The number of amides is 1. The van der Waals surface area contributed by atoms with Gasteiger partial charge in [0.2, 0.25) is 0 Å². The summed E-state index contributed by atoms with van der Waals surface area (Å²) in [4.78, 5) is 42.8. The molecule has 0 aromatic carbocycles. The van der Waals surface area contributed by atoms with Crippen molar-refractivity contribution in [1.29, 1.82) is 0 Å². The topological polar surface area (TPSA) is 94.2 Å². The average Bonchev–Trinajstić information content (AvgIpc) is 3.41. The standard InChI is InChI=1S/C23H31N3O6/c1-15-19(16(2)24(4)20(15)23(29)30-5)21(27)17(3)26(22(28)18-7-6-12-32-18)9-8-25-10-13-31-14-11-25/h6-7,12,17H,8-11,13-14H2,1-5H3. The summed E-state index contributed by atoms with van der Waals surface area (Å²) in [7, 11) is 3.03. The molecule has 2 aromatic heterocycles. The summed E-state index contributed by atoms with van der Waals surface area (Å²) in [5.74, 6) is -0.893. The van der Waals surface area contributed by atoms with E-state index in [1.807, 2.05) is 0 Å². The Kier molecular flexibility index (Phi) is 7.52. The van der Waals surface area contributed by atoms with Gasteiger partial charge in [-0.05, 0) is 38.5 Å². The molecule has 0 saturated carbocycles. The van der Waals surface area contributed by atoms with Gasteiger partial charge in [-0.2, -0.15) is 0 Å². The van der Waals surface area contributed by atoms with Crippen molar-refractivity contribution in [2.24, 2.45) is 7.05 Å². The molecule has 2 aromatic rings. The fraction of sp³-hybridized carbons (Fsp3) is 0.522. The van der Waals surface area contributed by atoms with Crippen LogP contribution in [0.15, 0.2) is 22.8 Å². The van der Waals surface area contributed by atoms with Crippen LogP contribution in [0.3, 0.4) is 0 Å². The van der Waals surface area contributed by atoms with E-state index in [1.54, 1.807) is 49.4 Å². The lowest BCUT2D eigenvalue weighted by Gasteiger charge is -2.32. The van der Waals surface area contributed by atoms with E-state index in [9.17, 15) is 14.4 Å². The minimum Gasteiger partial charge on any atom is -0.464 e. The highest BCUT2D eigenvalue weighted by atomic mass is 16.5. The maximum absolute atomic E-state index is 13.6. The summed E-state index contributed by atoms with van der Waals surface area (Å²) in [5.41, 5.74) is 1.97. The Balaban J connectivity index is 1.89. The minimum atomic E-state index is -0.751. The Labute approximate surface area is 187 Å². The van der Waals surface area contributed by atoms with Gasteiger partial charge in [-0.1, -0.05) is 0 Å². The van der Waals surface area contributed by atoms with E-state index in [2.05, 4.69) is 4.90 Å². The molecule has 9 nitrogen and oxygen atoms in total. The lowest BCUT2D eigenvalue weighted by Crippen LogP contribution is -2.48. The molecule has 0 spiro atoms. The zero-order valence-corrected chi connectivity index (χ0v) is 19.3. The molecule has 0 aliphatic carbocycles. The number of carbonyl (C=O) groups excluding carboxylic acids is 3. The van der Waals surface area contributed by atoms with E-state index >= 15 is 0 Å². The Bertz CT molecular complexity index is 973. The zero-order chi connectivity index (χ0) is 23.4. The van der Waals surface area contributed by atoms with Crippen LogP contribution in [0, 0.1) is 13.8 Å². The van der Waals surface area contributed by atoms with Crippen LogP contribution < -0.4 is 0 Å². The van der Waals surface area contributed by atoms with Gasteiger partial charge in [-0.15, -0.1) is 0 Å². The fourth-order valence-electron chi connectivity index (χ4n) is 4.16. The largest absolute Gasteiger partial charge is 0.464 e. The molecule has 3 rings (SSSR count). The maximum Gasteiger partial charge on any atom is 0.354 e. The van der Waals surface area contributed by atoms with Gasteiger partial charge in [0.05, 0.1) is 32.6 Å². The number of carbonyl (C=O) groups is 3. The number of ether oxygens (including phenoxy) is 2. The molecular weight excluding hydrogens is 414 g/mol. The highest BCUT2D eigenvalue weighted by Gasteiger charge is 2.33. The molecule has 0 N–H and O–H groups in total. The van der Waals surface area contributed by atoms with Gasteiger partial charge in [-0.3, -0.25) is 14.5 Å². The van der Waals surface area contributed by atoms with Crippen LogP contribution in [0.25, 0.3) is 0 Å². The van der Waals surface area contributed by atoms with Gasteiger partial charge < -0.3 is 23.4 Å². The van der Waals surface area contributed by atoms with Crippen LogP contribution in [-0.4, -0.2) is 84.6 Å². The van der Waals surface area contributed by atoms with Crippen LogP contribution in [-0.2, 0) is 16.5 Å². The van der Waals surface area contributed by atoms with Crippen LogP contribution in [0.1, 0.15) is 49.6 Å². The van der Waals surface area contributed by atoms with E-state index in [1.165, 1.54) is 13.4 Å². The molecule has 32 heavy (non-hydrogen) atoms. The molecule has 1 unspecified atom stereocenters. The number of hydrogen-bond donors (Lipinski definition) is 0. The second kappa shape index (κ2) is 10.1. The summed E-state index contributed by atoms with van der Waals surface area (Å²) in [6.07, 6.45) is 1.44. The number of esters is 1. The van der Waals surface area contributed by atoms with E-state index in [-0.39, 0.29) is 17.5 Å². The predicted molar refractivity (Wildman–Crippen MR) is 117 cm³/mol. The van der Waals surface area contributed by atoms with Crippen molar-refractivity contribution >= 4 is 17.7 Å². The first-order valence-corrected chi connectivity index (χ1v) is 10.7.